The number of anilines is 1. The number of likely N-dealkylation sites (N-methyl/N-ethyl adjacent to an activating group) is 1. The Bertz CT molecular complexity index is 553. The van der Waals surface area contributed by atoms with Gasteiger partial charge in [-0.3, -0.25) is 4.79 Å². The number of rotatable bonds is 3. The van der Waals surface area contributed by atoms with Gasteiger partial charge in [-0.2, -0.15) is 4.98 Å². The van der Waals surface area contributed by atoms with Crippen LogP contribution >= 0.6 is 15.9 Å². The topological polar surface area (TPSA) is 71.3 Å². The molecule has 0 aliphatic carbocycles. The SMILES string of the molecule is CNC(=O)C(C)Nc1nc2c(Br)cccn2n1. The van der Waals surface area contributed by atoms with Crippen LogP contribution in [0.15, 0.2) is 22.8 Å². The fourth-order valence-electron chi connectivity index (χ4n) is 1.41. The van der Waals surface area contributed by atoms with Crippen molar-refractivity contribution in [1.29, 1.82) is 0 Å². The molecule has 0 aliphatic heterocycles. The lowest BCUT2D eigenvalue weighted by atomic mass is 10.3. The summed E-state index contributed by atoms with van der Waals surface area (Å²) in [7, 11) is 1.59. The van der Waals surface area contributed by atoms with Crippen LogP contribution in [0.1, 0.15) is 6.92 Å². The average molecular weight is 298 g/mol. The third kappa shape index (κ3) is 2.38. The van der Waals surface area contributed by atoms with Crippen molar-refractivity contribution < 1.29 is 4.79 Å². The maximum atomic E-state index is 11.4. The Kier molecular flexibility index (Phi) is 3.28. The zero-order valence-corrected chi connectivity index (χ0v) is 11.0. The highest BCUT2D eigenvalue weighted by atomic mass is 79.9. The highest BCUT2D eigenvalue weighted by Gasteiger charge is 2.13. The fourth-order valence-corrected chi connectivity index (χ4v) is 1.83. The summed E-state index contributed by atoms with van der Waals surface area (Å²) < 4.78 is 2.50. The number of halogens is 1. The first kappa shape index (κ1) is 11.8. The van der Waals surface area contributed by atoms with Crippen molar-refractivity contribution >= 4 is 33.4 Å². The molecule has 0 aromatic carbocycles. The van der Waals surface area contributed by atoms with E-state index >= 15 is 0 Å². The van der Waals surface area contributed by atoms with Gasteiger partial charge in [-0.15, -0.1) is 5.10 Å². The predicted octanol–water partition coefficient (Wildman–Crippen LogP) is 1.04. The van der Waals surface area contributed by atoms with Gasteiger partial charge in [0.2, 0.25) is 11.9 Å². The summed E-state index contributed by atoms with van der Waals surface area (Å²) in [6.45, 7) is 1.75. The van der Waals surface area contributed by atoms with Crippen LogP contribution in [0.4, 0.5) is 5.95 Å². The molecule has 2 aromatic heterocycles. The lowest BCUT2D eigenvalue weighted by Crippen LogP contribution is -2.35. The molecule has 90 valence electrons. The molecule has 2 aromatic rings. The van der Waals surface area contributed by atoms with E-state index in [4.69, 9.17) is 0 Å². The zero-order chi connectivity index (χ0) is 12.4. The van der Waals surface area contributed by atoms with E-state index < -0.39 is 0 Å². The lowest BCUT2D eigenvalue weighted by Gasteiger charge is -2.09. The van der Waals surface area contributed by atoms with Crippen molar-refractivity contribution in [3.63, 3.8) is 0 Å². The number of fused-ring (bicyclic) bond motifs is 1. The Morgan fingerprint density at radius 1 is 1.59 bits per heavy atom. The summed E-state index contributed by atoms with van der Waals surface area (Å²) in [5.41, 5.74) is 0.708. The van der Waals surface area contributed by atoms with E-state index in [1.165, 1.54) is 0 Å². The minimum absolute atomic E-state index is 0.108. The average Bonchev–Trinajstić information content (AvgIpc) is 2.72. The number of amides is 1. The fraction of sp³-hybridized carbons (Fsp3) is 0.300. The van der Waals surface area contributed by atoms with E-state index in [-0.39, 0.29) is 11.9 Å². The van der Waals surface area contributed by atoms with Crippen molar-refractivity contribution in [2.75, 3.05) is 12.4 Å². The second kappa shape index (κ2) is 4.70. The van der Waals surface area contributed by atoms with Gasteiger partial charge in [0.15, 0.2) is 5.65 Å². The maximum absolute atomic E-state index is 11.4. The molecule has 1 atom stereocenters. The standard InChI is InChI=1S/C10H12BrN5O/c1-6(9(17)12-2)13-10-14-8-7(11)4-3-5-16(8)15-10/h3-6H,1-2H3,(H,12,17)(H,13,15). The lowest BCUT2D eigenvalue weighted by molar-refractivity contribution is -0.121. The van der Waals surface area contributed by atoms with Crippen molar-refractivity contribution in [3.8, 4) is 0 Å². The van der Waals surface area contributed by atoms with Crippen LogP contribution < -0.4 is 10.6 Å². The van der Waals surface area contributed by atoms with Crippen LogP contribution in [0.3, 0.4) is 0 Å². The van der Waals surface area contributed by atoms with Crippen LogP contribution in [0.25, 0.3) is 5.65 Å². The molecule has 2 N–H and O–H groups in total. The second-order valence-corrected chi connectivity index (χ2v) is 4.39. The first-order chi connectivity index (χ1) is 8.11. The number of nitrogens with one attached hydrogen (secondary N) is 2. The molecule has 2 heterocycles. The van der Waals surface area contributed by atoms with Gasteiger partial charge in [-0.05, 0) is 35.0 Å². The number of aromatic nitrogens is 3. The van der Waals surface area contributed by atoms with Crippen molar-refractivity contribution in [2.24, 2.45) is 0 Å². The summed E-state index contributed by atoms with van der Waals surface area (Å²) in [6, 6.07) is 3.37. The summed E-state index contributed by atoms with van der Waals surface area (Å²) in [6.07, 6.45) is 1.79. The van der Waals surface area contributed by atoms with Gasteiger partial charge >= 0.3 is 0 Å². The molecule has 0 fully saturated rings. The number of nitrogens with zero attached hydrogens (tertiary/aromatic N) is 3. The monoisotopic (exact) mass is 297 g/mol. The Morgan fingerprint density at radius 3 is 3.00 bits per heavy atom. The third-order valence-electron chi connectivity index (χ3n) is 2.30. The summed E-state index contributed by atoms with van der Waals surface area (Å²) >= 11 is 3.39. The Balaban J connectivity index is 2.26. The highest BCUT2D eigenvalue weighted by molar-refractivity contribution is 9.10. The maximum Gasteiger partial charge on any atom is 0.243 e. The van der Waals surface area contributed by atoms with Crippen LogP contribution in [0.2, 0.25) is 0 Å². The molecule has 0 spiro atoms. The first-order valence-electron chi connectivity index (χ1n) is 5.11. The Hall–Kier alpha value is -1.63. The number of hydrogen-bond acceptors (Lipinski definition) is 4. The molecule has 0 saturated carbocycles. The number of carbonyl (C=O) groups excluding carboxylic acids is 1. The van der Waals surface area contributed by atoms with Crippen molar-refractivity contribution in [2.45, 2.75) is 13.0 Å². The number of carbonyl (C=O) groups is 1. The quantitative estimate of drug-likeness (QED) is 0.888. The van der Waals surface area contributed by atoms with Gasteiger partial charge in [0.1, 0.15) is 6.04 Å². The van der Waals surface area contributed by atoms with E-state index in [9.17, 15) is 4.79 Å². The number of hydrogen-bond donors (Lipinski definition) is 2. The Morgan fingerprint density at radius 2 is 2.35 bits per heavy atom. The first-order valence-corrected chi connectivity index (χ1v) is 5.90. The molecular weight excluding hydrogens is 286 g/mol. The largest absolute Gasteiger partial charge is 0.357 e. The smallest absolute Gasteiger partial charge is 0.243 e. The van der Waals surface area contributed by atoms with E-state index in [2.05, 4.69) is 36.6 Å². The number of pyridine rings is 1. The van der Waals surface area contributed by atoms with E-state index in [0.717, 1.165) is 4.47 Å². The zero-order valence-electron chi connectivity index (χ0n) is 9.44. The van der Waals surface area contributed by atoms with Gasteiger partial charge in [0, 0.05) is 13.2 Å². The molecule has 0 aliphatic rings. The van der Waals surface area contributed by atoms with Crippen LogP contribution in [0, 0.1) is 0 Å². The minimum atomic E-state index is -0.379. The molecule has 7 heteroatoms. The van der Waals surface area contributed by atoms with Crippen LogP contribution in [-0.4, -0.2) is 33.6 Å². The summed E-state index contributed by atoms with van der Waals surface area (Å²) in [5, 5.41) is 9.71. The molecule has 17 heavy (non-hydrogen) atoms. The third-order valence-corrected chi connectivity index (χ3v) is 2.92. The molecule has 1 amide bonds. The van der Waals surface area contributed by atoms with Crippen LogP contribution in [-0.2, 0) is 4.79 Å². The Labute approximate surface area is 107 Å². The molecule has 0 saturated heterocycles. The molecule has 0 bridgehead atoms. The summed E-state index contributed by atoms with van der Waals surface area (Å²) in [5.74, 6) is 0.316. The normalized spacial score (nSPS) is 12.4. The van der Waals surface area contributed by atoms with Gasteiger partial charge in [-0.1, -0.05) is 0 Å². The second-order valence-electron chi connectivity index (χ2n) is 3.54. The van der Waals surface area contributed by atoms with Gasteiger partial charge in [0.05, 0.1) is 4.47 Å². The van der Waals surface area contributed by atoms with Gasteiger partial charge in [-0.25, -0.2) is 4.52 Å². The summed E-state index contributed by atoms with van der Waals surface area (Å²) in [4.78, 5) is 15.6. The van der Waals surface area contributed by atoms with Crippen molar-refractivity contribution in [3.05, 3.63) is 22.8 Å². The molecule has 0 radical (unpaired) electrons. The molecule has 2 rings (SSSR count). The minimum Gasteiger partial charge on any atom is -0.357 e. The highest BCUT2D eigenvalue weighted by Crippen LogP contribution is 2.16. The van der Waals surface area contributed by atoms with Crippen LogP contribution in [0.5, 0.6) is 0 Å². The van der Waals surface area contributed by atoms with Gasteiger partial charge in [0.25, 0.3) is 0 Å². The van der Waals surface area contributed by atoms with E-state index in [1.807, 2.05) is 12.1 Å². The van der Waals surface area contributed by atoms with Crippen molar-refractivity contribution in [1.82, 2.24) is 19.9 Å². The molecular formula is C10H12BrN5O. The van der Waals surface area contributed by atoms with Gasteiger partial charge < -0.3 is 10.6 Å². The molecule has 6 nitrogen and oxygen atoms in total. The van der Waals surface area contributed by atoms with E-state index in [1.54, 1.807) is 24.7 Å². The van der Waals surface area contributed by atoms with E-state index in [0.29, 0.717) is 11.6 Å². The molecule has 1 unspecified atom stereocenters. The predicted molar refractivity (Wildman–Crippen MR) is 67.8 cm³/mol.